The Labute approximate surface area is 90.9 Å². The molecule has 1 rings (SSSR count). The van der Waals surface area contributed by atoms with E-state index in [0.717, 1.165) is 6.07 Å². The van der Waals surface area contributed by atoms with Crippen molar-refractivity contribution in [1.82, 2.24) is 0 Å². The summed E-state index contributed by atoms with van der Waals surface area (Å²) in [5.41, 5.74) is 4.47. The number of nitrogens with two attached hydrogens (primary N) is 1. The highest BCUT2D eigenvalue weighted by Crippen LogP contribution is 2.33. The van der Waals surface area contributed by atoms with Gasteiger partial charge < -0.3 is 5.73 Å². The van der Waals surface area contributed by atoms with E-state index >= 15 is 0 Å². The van der Waals surface area contributed by atoms with Gasteiger partial charge in [-0.2, -0.15) is 25.8 Å². The second-order valence-electron chi connectivity index (χ2n) is 2.73. The van der Waals surface area contributed by atoms with Crippen LogP contribution in [0.4, 0.5) is 18.9 Å². The lowest BCUT2D eigenvalue weighted by molar-refractivity contribution is -0.137. The van der Waals surface area contributed by atoms with Gasteiger partial charge in [0.25, 0.3) is 0 Å². The van der Waals surface area contributed by atoms with Crippen molar-refractivity contribution in [3.8, 4) is 11.8 Å². The quantitative estimate of drug-likeness (QED) is 0.400. The van der Waals surface area contributed by atoms with E-state index in [1.165, 1.54) is 12.1 Å². The fourth-order valence-corrected chi connectivity index (χ4v) is 1.15. The molecule has 1 aromatic rings. The first kappa shape index (κ1) is 11.8. The molecular formula is C10H8F3NS. The molecule has 1 nitrogen and oxygen atoms in total. The van der Waals surface area contributed by atoms with E-state index in [1.807, 2.05) is 0 Å². The normalized spacial score (nSPS) is 10.7. The molecule has 0 heterocycles. The molecule has 0 unspecified atom stereocenters. The maximum Gasteiger partial charge on any atom is 0.417 e. The van der Waals surface area contributed by atoms with Gasteiger partial charge in [-0.15, -0.1) is 0 Å². The predicted octanol–water partition coefficient (Wildman–Crippen LogP) is 2.57. The molecule has 0 aliphatic carbocycles. The van der Waals surface area contributed by atoms with Crippen molar-refractivity contribution in [2.45, 2.75) is 6.18 Å². The highest BCUT2D eigenvalue weighted by atomic mass is 32.1. The highest BCUT2D eigenvalue weighted by Gasteiger charge is 2.33. The fourth-order valence-electron chi connectivity index (χ4n) is 1.07. The van der Waals surface area contributed by atoms with Gasteiger partial charge in [-0.05, 0) is 12.1 Å². The van der Waals surface area contributed by atoms with Crippen LogP contribution in [0.3, 0.4) is 0 Å². The van der Waals surface area contributed by atoms with Crippen molar-refractivity contribution < 1.29 is 13.2 Å². The lowest BCUT2D eigenvalue weighted by Gasteiger charge is -2.10. The standard InChI is InChI=1S/C10H8F3NS/c11-10(12,13)8-4-1-5-9(14)7(8)3-2-6-15/h1,4-5,15H,6,14H2. The maximum absolute atomic E-state index is 12.5. The zero-order valence-electron chi connectivity index (χ0n) is 7.60. The largest absolute Gasteiger partial charge is 0.417 e. The number of alkyl halides is 3. The van der Waals surface area contributed by atoms with Crippen molar-refractivity contribution in [1.29, 1.82) is 0 Å². The number of hydrogen-bond donors (Lipinski definition) is 2. The smallest absolute Gasteiger partial charge is 0.398 e. The first-order valence-electron chi connectivity index (χ1n) is 4.02. The summed E-state index contributed by atoms with van der Waals surface area (Å²) in [7, 11) is 0. The summed E-state index contributed by atoms with van der Waals surface area (Å²) < 4.78 is 37.5. The summed E-state index contributed by atoms with van der Waals surface area (Å²) in [6.45, 7) is 0. The van der Waals surface area contributed by atoms with Crippen molar-refractivity contribution in [2.24, 2.45) is 0 Å². The Morgan fingerprint density at radius 3 is 2.53 bits per heavy atom. The first-order chi connectivity index (χ1) is 6.96. The van der Waals surface area contributed by atoms with Gasteiger partial charge in [0.15, 0.2) is 0 Å². The lowest BCUT2D eigenvalue weighted by atomic mass is 10.1. The molecule has 0 saturated carbocycles. The molecule has 0 atom stereocenters. The van der Waals surface area contributed by atoms with Crippen LogP contribution in [0.15, 0.2) is 18.2 Å². The van der Waals surface area contributed by atoms with Gasteiger partial charge >= 0.3 is 6.18 Å². The first-order valence-corrected chi connectivity index (χ1v) is 4.65. The zero-order valence-corrected chi connectivity index (χ0v) is 8.49. The summed E-state index contributed by atoms with van der Waals surface area (Å²) in [6.07, 6.45) is -4.43. The van der Waals surface area contributed by atoms with Crippen LogP contribution in [-0.2, 0) is 6.18 Å². The molecule has 0 bridgehead atoms. The average Bonchev–Trinajstić information content (AvgIpc) is 2.14. The van der Waals surface area contributed by atoms with Crippen molar-refractivity contribution in [2.75, 3.05) is 11.5 Å². The van der Waals surface area contributed by atoms with E-state index in [2.05, 4.69) is 24.5 Å². The third kappa shape index (κ3) is 2.83. The summed E-state index contributed by atoms with van der Waals surface area (Å²) in [5, 5.41) is 0. The molecule has 1 aromatic carbocycles. The Bertz CT molecular complexity index is 415. The van der Waals surface area contributed by atoms with Crippen LogP contribution < -0.4 is 5.73 Å². The second-order valence-corrected chi connectivity index (χ2v) is 3.04. The molecule has 5 heteroatoms. The number of hydrogen-bond acceptors (Lipinski definition) is 2. The molecule has 0 aliphatic heterocycles. The summed E-state index contributed by atoms with van der Waals surface area (Å²) in [4.78, 5) is 0. The number of anilines is 1. The minimum absolute atomic E-state index is 0.0270. The van der Waals surface area contributed by atoms with Gasteiger partial charge in [0.1, 0.15) is 0 Å². The predicted molar refractivity (Wildman–Crippen MR) is 56.6 cm³/mol. The molecule has 0 radical (unpaired) electrons. The molecule has 15 heavy (non-hydrogen) atoms. The summed E-state index contributed by atoms with van der Waals surface area (Å²) in [6, 6.07) is 3.60. The van der Waals surface area contributed by atoms with Gasteiger partial charge in [-0.3, -0.25) is 0 Å². The van der Waals surface area contributed by atoms with E-state index in [1.54, 1.807) is 0 Å². The monoisotopic (exact) mass is 231 g/mol. The Hall–Kier alpha value is -1.28. The third-order valence-corrected chi connectivity index (χ3v) is 1.85. The average molecular weight is 231 g/mol. The number of nitrogen functional groups attached to an aromatic ring is 1. The Balaban J connectivity index is 3.33. The third-order valence-electron chi connectivity index (χ3n) is 1.69. The number of rotatable bonds is 0. The van der Waals surface area contributed by atoms with E-state index in [-0.39, 0.29) is 17.0 Å². The minimum atomic E-state index is -4.43. The van der Waals surface area contributed by atoms with E-state index in [0.29, 0.717) is 0 Å². The minimum Gasteiger partial charge on any atom is -0.398 e. The fraction of sp³-hybridized carbons (Fsp3) is 0.200. The van der Waals surface area contributed by atoms with Crippen LogP contribution >= 0.6 is 12.6 Å². The number of halogens is 3. The number of benzene rings is 1. The molecule has 0 fully saturated rings. The molecular weight excluding hydrogens is 223 g/mol. The Morgan fingerprint density at radius 1 is 1.33 bits per heavy atom. The SMILES string of the molecule is Nc1cccc(C(F)(F)F)c1C#CCS. The van der Waals surface area contributed by atoms with E-state index in [9.17, 15) is 13.2 Å². The van der Waals surface area contributed by atoms with Crippen LogP contribution in [-0.4, -0.2) is 5.75 Å². The van der Waals surface area contributed by atoms with Crippen LogP contribution in [0.1, 0.15) is 11.1 Å². The molecule has 0 aliphatic rings. The van der Waals surface area contributed by atoms with Crippen LogP contribution in [0.5, 0.6) is 0 Å². The molecule has 2 N–H and O–H groups in total. The van der Waals surface area contributed by atoms with Gasteiger partial charge in [0.05, 0.1) is 16.9 Å². The van der Waals surface area contributed by atoms with Gasteiger partial charge in [-0.25, -0.2) is 0 Å². The van der Waals surface area contributed by atoms with E-state index in [4.69, 9.17) is 5.73 Å². The van der Waals surface area contributed by atoms with Crippen molar-refractivity contribution >= 4 is 18.3 Å². The molecule has 0 spiro atoms. The zero-order chi connectivity index (χ0) is 11.5. The molecule has 0 aromatic heterocycles. The summed E-state index contributed by atoms with van der Waals surface area (Å²) in [5.74, 6) is 5.00. The Kier molecular flexibility index (Phi) is 3.53. The summed E-state index contributed by atoms with van der Waals surface area (Å²) >= 11 is 3.80. The van der Waals surface area contributed by atoms with Gasteiger partial charge in [0.2, 0.25) is 0 Å². The highest BCUT2D eigenvalue weighted by molar-refractivity contribution is 7.80. The van der Waals surface area contributed by atoms with E-state index < -0.39 is 11.7 Å². The van der Waals surface area contributed by atoms with Crippen LogP contribution in [0.25, 0.3) is 0 Å². The Morgan fingerprint density at radius 2 is 2.00 bits per heavy atom. The topological polar surface area (TPSA) is 26.0 Å². The lowest BCUT2D eigenvalue weighted by Crippen LogP contribution is -2.09. The van der Waals surface area contributed by atoms with Gasteiger partial charge in [-0.1, -0.05) is 17.9 Å². The molecule has 0 saturated heterocycles. The maximum atomic E-state index is 12.5. The van der Waals surface area contributed by atoms with Crippen molar-refractivity contribution in [3.63, 3.8) is 0 Å². The molecule has 0 amide bonds. The van der Waals surface area contributed by atoms with Gasteiger partial charge in [0, 0.05) is 5.69 Å². The van der Waals surface area contributed by atoms with Crippen LogP contribution in [0.2, 0.25) is 0 Å². The van der Waals surface area contributed by atoms with Crippen molar-refractivity contribution in [3.05, 3.63) is 29.3 Å². The van der Waals surface area contributed by atoms with Crippen LogP contribution in [0, 0.1) is 11.8 Å². The number of thiol groups is 1. The second kappa shape index (κ2) is 4.49. The molecule has 80 valence electrons.